The van der Waals surface area contributed by atoms with Gasteiger partial charge in [-0.2, -0.15) is 0 Å². The molecule has 2 aromatic rings. The van der Waals surface area contributed by atoms with E-state index < -0.39 is 17.9 Å². The highest BCUT2D eigenvalue weighted by Gasteiger charge is 2.17. The van der Waals surface area contributed by atoms with Crippen LogP contribution in [0, 0.1) is 0 Å². The molecular formula is C19H16O8. The largest absolute Gasteiger partial charge is 0.493 e. The lowest BCUT2D eigenvalue weighted by Gasteiger charge is -2.12. The fourth-order valence-electron chi connectivity index (χ4n) is 2.07. The topological polar surface area (TPSA) is 108 Å². The van der Waals surface area contributed by atoms with E-state index in [9.17, 15) is 14.4 Å². The van der Waals surface area contributed by atoms with Crippen molar-refractivity contribution in [3.05, 3.63) is 60.2 Å². The molecule has 0 radical (unpaired) electrons. The van der Waals surface area contributed by atoms with Crippen LogP contribution in [0.3, 0.4) is 0 Å². The first-order valence-corrected chi connectivity index (χ1v) is 7.55. The van der Waals surface area contributed by atoms with Crippen LogP contribution in [0.4, 0.5) is 0 Å². The molecule has 140 valence electrons. The quantitative estimate of drug-likeness (QED) is 0.449. The monoisotopic (exact) mass is 372 g/mol. The van der Waals surface area contributed by atoms with Gasteiger partial charge in [0.15, 0.2) is 23.0 Å². The lowest BCUT2D eigenvalue weighted by atomic mass is 10.2. The van der Waals surface area contributed by atoms with Crippen molar-refractivity contribution in [2.45, 2.75) is 0 Å². The van der Waals surface area contributed by atoms with Crippen LogP contribution in [-0.4, -0.2) is 37.2 Å². The van der Waals surface area contributed by atoms with E-state index in [0.29, 0.717) is 0 Å². The number of esters is 2. The summed E-state index contributed by atoms with van der Waals surface area (Å²) in [5.41, 5.74) is 0.108. The summed E-state index contributed by atoms with van der Waals surface area (Å²) in [6.45, 7) is 3.30. The molecule has 0 aromatic heterocycles. The maximum absolute atomic E-state index is 12.4. The smallest absolute Gasteiger partial charge is 0.343 e. The summed E-state index contributed by atoms with van der Waals surface area (Å²) in [6.07, 6.45) is 0.995. The third kappa shape index (κ3) is 4.63. The van der Waals surface area contributed by atoms with E-state index in [4.69, 9.17) is 24.1 Å². The summed E-state index contributed by atoms with van der Waals surface area (Å²) in [5, 5.41) is 9.00. The molecule has 0 fully saturated rings. The van der Waals surface area contributed by atoms with Crippen LogP contribution in [0.5, 0.6) is 23.0 Å². The van der Waals surface area contributed by atoms with Gasteiger partial charge in [0, 0.05) is 6.08 Å². The lowest BCUT2D eigenvalue weighted by molar-refractivity contribution is -0.129. The molecular weight excluding hydrogens is 356 g/mol. The molecule has 0 aliphatic heterocycles. The number of aromatic carboxylic acids is 1. The van der Waals surface area contributed by atoms with Crippen LogP contribution in [0.15, 0.2) is 49.1 Å². The first kappa shape index (κ1) is 19.5. The van der Waals surface area contributed by atoms with Crippen LogP contribution in [0.1, 0.15) is 20.7 Å². The molecule has 0 spiro atoms. The molecule has 0 bridgehead atoms. The maximum atomic E-state index is 12.4. The number of carbonyl (C=O) groups excluding carboxylic acids is 2. The first-order chi connectivity index (χ1) is 12.9. The van der Waals surface area contributed by atoms with Gasteiger partial charge in [-0.05, 0) is 36.4 Å². The highest BCUT2D eigenvalue weighted by atomic mass is 16.6. The molecule has 0 amide bonds. The van der Waals surface area contributed by atoms with Gasteiger partial charge >= 0.3 is 17.9 Å². The van der Waals surface area contributed by atoms with Crippen LogP contribution in [0.2, 0.25) is 0 Å². The van der Waals surface area contributed by atoms with Crippen molar-refractivity contribution in [3.8, 4) is 23.0 Å². The Morgan fingerprint density at radius 3 is 1.89 bits per heavy atom. The summed E-state index contributed by atoms with van der Waals surface area (Å²) >= 11 is 0. The first-order valence-electron chi connectivity index (χ1n) is 7.55. The maximum Gasteiger partial charge on any atom is 0.343 e. The Labute approximate surface area is 154 Å². The number of methoxy groups -OCH3 is 2. The van der Waals surface area contributed by atoms with Gasteiger partial charge in [-0.3, -0.25) is 0 Å². The summed E-state index contributed by atoms with van der Waals surface area (Å²) in [5.74, 6) is -2.15. The summed E-state index contributed by atoms with van der Waals surface area (Å²) in [4.78, 5) is 34.7. The fourth-order valence-corrected chi connectivity index (χ4v) is 2.07. The minimum Gasteiger partial charge on any atom is -0.493 e. The van der Waals surface area contributed by atoms with Crippen molar-refractivity contribution in [1.82, 2.24) is 0 Å². The van der Waals surface area contributed by atoms with Crippen LogP contribution < -0.4 is 18.9 Å². The Balaban J connectivity index is 2.26. The van der Waals surface area contributed by atoms with Gasteiger partial charge < -0.3 is 24.1 Å². The lowest BCUT2D eigenvalue weighted by Crippen LogP contribution is -2.11. The molecule has 27 heavy (non-hydrogen) atoms. The zero-order valence-corrected chi connectivity index (χ0v) is 14.6. The number of carboxylic acid groups (broad SMARTS) is 1. The number of benzene rings is 2. The number of rotatable bonds is 7. The standard InChI is InChI=1S/C19H16O8/c1-4-17(20)26-13-8-6-12(10-16(13)25-3)19(23)27-14-7-5-11(18(21)22)9-15(14)24-2/h4-10H,1H2,2-3H3,(H,21,22). The van der Waals surface area contributed by atoms with Crippen LogP contribution in [0.25, 0.3) is 0 Å². The van der Waals surface area contributed by atoms with E-state index in [1.54, 1.807) is 0 Å². The Bertz CT molecular complexity index is 901. The number of carbonyl (C=O) groups is 3. The molecule has 0 saturated heterocycles. The van der Waals surface area contributed by atoms with Crippen molar-refractivity contribution in [1.29, 1.82) is 0 Å². The third-order valence-electron chi connectivity index (χ3n) is 3.39. The molecule has 0 heterocycles. The van der Waals surface area contributed by atoms with E-state index in [-0.39, 0.29) is 34.1 Å². The predicted molar refractivity (Wildman–Crippen MR) is 93.7 cm³/mol. The number of hydrogen-bond acceptors (Lipinski definition) is 7. The Hall–Kier alpha value is -3.81. The highest BCUT2D eigenvalue weighted by Crippen LogP contribution is 2.31. The predicted octanol–water partition coefficient (Wildman–Crippen LogP) is 2.71. The second-order valence-corrected chi connectivity index (χ2v) is 5.05. The van der Waals surface area contributed by atoms with Gasteiger partial charge in [-0.1, -0.05) is 6.58 Å². The normalized spacial score (nSPS) is 9.85. The molecule has 2 aromatic carbocycles. The molecule has 0 saturated carbocycles. The SMILES string of the molecule is C=CC(=O)Oc1ccc(C(=O)Oc2ccc(C(=O)O)cc2OC)cc1OC. The van der Waals surface area contributed by atoms with Crippen LogP contribution >= 0.6 is 0 Å². The van der Waals surface area contributed by atoms with E-state index in [1.807, 2.05) is 0 Å². The number of hydrogen-bond donors (Lipinski definition) is 1. The average Bonchev–Trinajstić information content (AvgIpc) is 2.68. The summed E-state index contributed by atoms with van der Waals surface area (Å²) in [7, 11) is 2.67. The highest BCUT2D eigenvalue weighted by molar-refractivity contribution is 5.93. The molecule has 8 heteroatoms. The molecule has 0 atom stereocenters. The van der Waals surface area contributed by atoms with E-state index in [2.05, 4.69) is 6.58 Å². The van der Waals surface area contributed by atoms with Crippen molar-refractivity contribution in [3.63, 3.8) is 0 Å². The van der Waals surface area contributed by atoms with Crippen molar-refractivity contribution >= 4 is 17.9 Å². The second-order valence-electron chi connectivity index (χ2n) is 5.05. The molecule has 0 aliphatic rings. The van der Waals surface area contributed by atoms with Crippen molar-refractivity contribution < 1.29 is 38.4 Å². The van der Waals surface area contributed by atoms with Gasteiger partial charge in [0.2, 0.25) is 0 Å². The van der Waals surface area contributed by atoms with Crippen LogP contribution in [-0.2, 0) is 4.79 Å². The Morgan fingerprint density at radius 1 is 0.852 bits per heavy atom. The van der Waals surface area contributed by atoms with Gasteiger partial charge in [0.05, 0.1) is 25.3 Å². The minimum absolute atomic E-state index is 0.0123. The van der Waals surface area contributed by atoms with E-state index >= 15 is 0 Å². The molecule has 0 aliphatic carbocycles. The van der Waals surface area contributed by atoms with E-state index in [0.717, 1.165) is 6.08 Å². The van der Waals surface area contributed by atoms with Gasteiger partial charge in [-0.25, -0.2) is 14.4 Å². The Kier molecular flexibility index (Phi) is 6.16. The zero-order chi connectivity index (χ0) is 20.0. The third-order valence-corrected chi connectivity index (χ3v) is 3.39. The van der Waals surface area contributed by atoms with Gasteiger partial charge in [-0.15, -0.1) is 0 Å². The molecule has 8 nitrogen and oxygen atoms in total. The zero-order valence-electron chi connectivity index (χ0n) is 14.6. The second kappa shape index (κ2) is 8.52. The summed E-state index contributed by atoms with van der Waals surface area (Å²) < 4.78 is 20.4. The van der Waals surface area contributed by atoms with E-state index in [1.165, 1.54) is 50.6 Å². The molecule has 1 N–H and O–H groups in total. The Morgan fingerprint density at radius 2 is 1.37 bits per heavy atom. The minimum atomic E-state index is -1.14. The van der Waals surface area contributed by atoms with Gasteiger partial charge in [0.25, 0.3) is 0 Å². The fraction of sp³-hybridized carbons (Fsp3) is 0.105. The molecule has 0 unspecified atom stereocenters. The van der Waals surface area contributed by atoms with Crippen molar-refractivity contribution in [2.75, 3.05) is 14.2 Å². The number of carboxylic acids is 1. The average molecular weight is 372 g/mol. The van der Waals surface area contributed by atoms with Crippen molar-refractivity contribution in [2.24, 2.45) is 0 Å². The van der Waals surface area contributed by atoms with Gasteiger partial charge in [0.1, 0.15) is 0 Å². The number of ether oxygens (including phenoxy) is 4. The summed E-state index contributed by atoms with van der Waals surface area (Å²) in [6, 6.07) is 7.94. The molecule has 2 rings (SSSR count).